The minimum atomic E-state index is -0.958. The molecular formula is C23H17F3N2O2. The summed E-state index contributed by atoms with van der Waals surface area (Å²) in [5.41, 5.74) is 2.86. The molecule has 0 bridgehead atoms. The molecule has 0 amide bonds. The molecule has 0 saturated heterocycles. The third-order valence-corrected chi connectivity index (χ3v) is 5.41. The summed E-state index contributed by atoms with van der Waals surface area (Å²) in [5.74, 6) is -1.11. The number of hydrogen-bond acceptors (Lipinski definition) is 4. The summed E-state index contributed by atoms with van der Waals surface area (Å²) < 4.78 is 52.5. The zero-order valence-electron chi connectivity index (χ0n) is 16.0. The highest BCUT2D eigenvalue weighted by atomic mass is 19.2. The van der Waals surface area contributed by atoms with Crippen LogP contribution in [0.3, 0.4) is 0 Å². The van der Waals surface area contributed by atoms with Gasteiger partial charge in [-0.3, -0.25) is 0 Å². The number of nitrogens with zero attached hydrogens (tertiary/aromatic N) is 2. The Morgan fingerprint density at radius 2 is 1.80 bits per heavy atom. The largest absolute Gasteiger partial charge is 0.493 e. The molecule has 7 heteroatoms. The number of rotatable bonds is 3. The summed E-state index contributed by atoms with van der Waals surface area (Å²) in [7, 11) is 1.55. The smallest absolute Gasteiger partial charge is 0.214 e. The fourth-order valence-electron chi connectivity index (χ4n) is 3.95. The standard InChI is InChI=1S/C23H17F3N2O2/c1-29-21-4-2-3-16-20-12-19(13-5-8-15(24)9-6-13)27-28(20)23(30-22(16)21)14-7-10-17(25)18(26)11-14/h2-11,20,23H,12H2,1H3/t20-,23+/m0/s1. The van der Waals surface area contributed by atoms with Crippen LogP contribution in [-0.4, -0.2) is 17.8 Å². The van der Waals surface area contributed by atoms with Gasteiger partial charge in [-0.25, -0.2) is 18.2 Å². The van der Waals surface area contributed by atoms with Gasteiger partial charge in [0.25, 0.3) is 0 Å². The van der Waals surface area contributed by atoms with E-state index in [4.69, 9.17) is 14.6 Å². The zero-order valence-corrected chi connectivity index (χ0v) is 16.0. The average Bonchev–Trinajstić information content (AvgIpc) is 3.21. The van der Waals surface area contributed by atoms with E-state index < -0.39 is 17.9 Å². The predicted octanol–water partition coefficient (Wildman–Crippen LogP) is 5.35. The molecule has 2 aliphatic rings. The van der Waals surface area contributed by atoms with Gasteiger partial charge in [-0.2, -0.15) is 5.10 Å². The lowest BCUT2D eigenvalue weighted by atomic mass is 9.95. The first-order chi connectivity index (χ1) is 14.5. The number of hydrazone groups is 1. The van der Waals surface area contributed by atoms with Crippen LogP contribution in [0.2, 0.25) is 0 Å². The molecule has 30 heavy (non-hydrogen) atoms. The summed E-state index contributed by atoms with van der Waals surface area (Å²) in [5, 5.41) is 6.46. The summed E-state index contributed by atoms with van der Waals surface area (Å²) in [4.78, 5) is 0. The van der Waals surface area contributed by atoms with Gasteiger partial charge in [-0.1, -0.05) is 30.3 Å². The van der Waals surface area contributed by atoms with Crippen molar-refractivity contribution in [1.29, 1.82) is 0 Å². The first-order valence-electron chi connectivity index (χ1n) is 9.45. The second-order valence-corrected chi connectivity index (χ2v) is 7.18. The summed E-state index contributed by atoms with van der Waals surface area (Å²) in [6, 6.07) is 15.2. The van der Waals surface area contributed by atoms with Gasteiger partial charge in [0.2, 0.25) is 6.23 Å². The Labute approximate surface area is 171 Å². The minimum Gasteiger partial charge on any atom is -0.493 e. The van der Waals surface area contributed by atoms with Gasteiger partial charge < -0.3 is 9.47 Å². The zero-order chi connectivity index (χ0) is 20.8. The van der Waals surface area contributed by atoms with Crippen LogP contribution in [0.1, 0.15) is 35.4 Å². The van der Waals surface area contributed by atoms with Crippen molar-refractivity contribution in [2.24, 2.45) is 5.10 Å². The van der Waals surface area contributed by atoms with Crippen molar-refractivity contribution >= 4 is 5.71 Å². The molecule has 0 aromatic heterocycles. The molecule has 5 rings (SSSR count). The Hall–Kier alpha value is -3.48. The van der Waals surface area contributed by atoms with Crippen molar-refractivity contribution in [3.05, 3.63) is 94.8 Å². The van der Waals surface area contributed by atoms with Crippen molar-refractivity contribution in [1.82, 2.24) is 5.01 Å². The predicted molar refractivity (Wildman–Crippen MR) is 105 cm³/mol. The molecule has 0 unspecified atom stereocenters. The van der Waals surface area contributed by atoms with E-state index in [0.717, 1.165) is 29.0 Å². The van der Waals surface area contributed by atoms with Crippen LogP contribution in [0.25, 0.3) is 0 Å². The fourth-order valence-corrected chi connectivity index (χ4v) is 3.95. The van der Waals surface area contributed by atoms with E-state index in [0.29, 0.717) is 23.5 Å². The van der Waals surface area contributed by atoms with Crippen molar-refractivity contribution < 1.29 is 22.6 Å². The number of para-hydroxylation sites is 1. The Bertz CT molecular complexity index is 1150. The third kappa shape index (κ3) is 2.98. The van der Waals surface area contributed by atoms with Crippen molar-refractivity contribution in [3.8, 4) is 11.5 Å². The molecule has 3 aromatic carbocycles. The fraction of sp³-hybridized carbons (Fsp3) is 0.174. The van der Waals surface area contributed by atoms with Gasteiger partial charge in [0.15, 0.2) is 23.1 Å². The maximum absolute atomic E-state index is 14.0. The normalized spacial score (nSPS) is 19.6. The van der Waals surface area contributed by atoms with Gasteiger partial charge in [0.05, 0.1) is 18.9 Å². The molecule has 0 saturated carbocycles. The molecule has 2 atom stereocenters. The number of methoxy groups -OCH3 is 1. The van der Waals surface area contributed by atoms with Crippen LogP contribution in [0, 0.1) is 17.5 Å². The third-order valence-electron chi connectivity index (χ3n) is 5.41. The van der Waals surface area contributed by atoms with Crippen LogP contribution in [-0.2, 0) is 0 Å². The van der Waals surface area contributed by atoms with E-state index in [9.17, 15) is 13.2 Å². The molecule has 2 aliphatic heterocycles. The van der Waals surface area contributed by atoms with Crippen LogP contribution in [0.15, 0.2) is 65.8 Å². The van der Waals surface area contributed by atoms with E-state index in [1.54, 1.807) is 30.3 Å². The molecule has 2 heterocycles. The first-order valence-corrected chi connectivity index (χ1v) is 9.45. The van der Waals surface area contributed by atoms with E-state index in [1.807, 2.05) is 12.1 Å². The minimum absolute atomic E-state index is 0.193. The molecule has 0 aliphatic carbocycles. The van der Waals surface area contributed by atoms with E-state index in [1.165, 1.54) is 18.2 Å². The lowest BCUT2D eigenvalue weighted by Gasteiger charge is -2.38. The topological polar surface area (TPSA) is 34.1 Å². The summed E-state index contributed by atoms with van der Waals surface area (Å²) >= 11 is 0. The van der Waals surface area contributed by atoms with Crippen LogP contribution < -0.4 is 9.47 Å². The summed E-state index contributed by atoms with van der Waals surface area (Å²) in [6.07, 6.45) is -0.221. The molecule has 0 spiro atoms. The highest BCUT2D eigenvalue weighted by Gasteiger charge is 2.42. The Morgan fingerprint density at radius 1 is 1.00 bits per heavy atom. The highest BCUT2D eigenvalue weighted by molar-refractivity contribution is 6.02. The summed E-state index contributed by atoms with van der Waals surface area (Å²) in [6.45, 7) is 0. The number of halogens is 3. The maximum Gasteiger partial charge on any atom is 0.214 e. The van der Waals surface area contributed by atoms with Crippen molar-refractivity contribution in [2.75, 3.05) is 7.11 Å². The van der Waals surface area contributed by atoms with Crippen LogP contribution in [0.5, 0.6) is 11.5 Å². The lowest BCUT2D eigenvalue weighted by molar-refractivity contribution is -0.0211. The van der Waals surface area contributed by atoms with Crippen molar-refractivity contribution in [3.63, 3.8) is 0 Å². The van der Waals surface area contributed by atoms with Crippen LogP contribution >= 0.6 is 0 Å². The lowest BCUT2D eigenvalue weighted by Crippen LogP contribution is -2.34. The van der Waals surface area contributed by atoms with Crippen LogP contribution in [0.4, 0.5) is 13.2 Å². The van der Waals surface area contributed by atoms with E-state index in [2.05, 4.69) is 0 Å². The quantitative estimate of drug-likeness (QED) is 0.583. The molecule has 0 fully saturated rings. The molecule has 0 N–H and O–H groups in total. The molecule has 4 nitrogen and oxygen atoms in total. The van der Waals surface area contributed by atoms with Gasteiger partial charge in [0.1, 0.15) is 5.82 Å². The molecule has 3 aromatic rings. The van der Waals surface area contributed by atoms with Gasteiger partial charge >= 0.3 is 0 Å². The monoisotopic (exact) mass is 410 g/mol. The van der Waals surface area contributed by atoms with Gasteiger partial charge in [-0.15, -0.1) is 0 Å². The number of ether oxygens (including phenoxy) is 2. The van der Waals surface area contributed by atoms with Gasteiger partial charge in [0, 0.05) is 17.5 Å². The number of benzene rings is 3. The Kier molecular flexibility index (Phi) is 4.38. The number of hydrogen-bond donors (Lipinski definition) is 0. The van der Waals surface area contributed by atoms with E-state index in [-0.39, 0.29) is 11.9 Å². The Morgan fingerprint density at radius 3 is 2.53 bits per heavy atom. The Balaban J connectivity index is 1.62. The molecule has 0 radical (unpaired) electrons. The van der Waals surface area contributed by atoms with Gasteiger partial charge in [-0.05, 0) is 35.9 Å². The second kappa shape index (κ2) is 7.09. The first kappa shape index (κ1) is 18.5. The molecular weight excluding hydrogens is 393 g/mol. The van der Waals surface area contributed by atoms with E-state index >= 15 is 0 Å². The second-order valence-electron chi connectivity index (χ2n) is 7.18. The average molecular weight is 410 g/mol. The highest BCUT2D eigenvalue weighted by Crippen LogP contribution is 2.50. The number of fused-ring (bicyclic) bond motifs is 3. The molecule has 152 valence electrons. The van der Waals surface area contributed by atoms with Crippen molar-refractivity contribution in [2.45, 2.75) is 18.7 Å². The maximum atomic E-state index is 14.0. The SMILES string of the molecule is COc1cccc2c1O[C@H](c1ccc(F)c(F)c1)N1N=C(c3ccc(F)cc3)C[C@@H]21.